The van der Waals surface area contributed by atoms with Crippen LogP contribution in [0, 0.1) is 11.3 Å². The van der Waals surface area contributed by atoms with Gasteiger partial charge in [-0.25, -0.2) is 9.97 Å². The molecule has 0 saturated carbocycles. The van der Waals surface area contributed by atoms with Crippen LogP contribution in [-0.4, -0.2) is 82.9 Å². The van der Waals surface area contributed by atoms with Crippen molar-refractivity contribution < 1.29 is 9.59 Å². The SMILES string of the molecule is CN1CCC2(CC1)CCN(c1ccc(NC(=O)C3CCN(C(=O)c4cccc(-c5nc6ccccc6[nH]5)n4)C3)cc1)CC2. The molecule has 3 aliphatic rings. The quantitative estimate of drug-likeness (QED) is 0.345. The van der Waals surface area contributed by atoms with Crippen LogP contribution >= 0.6 is 0 Å². The van der Waals surface area contributed by atoms with Crippen LogP contribution in [0.15, 0.2) is 66.7 Å². The van der Waals surface area contributed by atoms with Crippen LogP contribution in [0.1, 0.15) is 42.6 Å². The molecule has 1 spiro atoms. The Hall–Kier alpha value is -4.24. The number of hydrogen-bond donors (Lipinski definition) is 2. The number of aromatic amines is 1. The first-order valence-corrected chi connectivity index (χ1v) is 15.5. The number of rotatable bonds is 5. The lowest BCUT2D eigenvalue weighted by atomic mass is 9.71. The van der Waals surface area contributed by atoms with E-state index in [0.717, 1.165) is 29.8 Å². The maximum absolute atomic E-state index is 13.3. The fourth-order valence-corrected chi connectivity index (χ4v) is 6.91. The van der Waals surface area contributed by atoms with Crippen LogP contribution in [0.5, 0.6) is 0 Å². The average Bonchev–Trinajstić information content (AvgIpc) is 3.72. The van der Waals surface area contributed by atoms with Crippen LogP contribution in [0.2, 0.25) is 0 Å². The van der Waals surface area contributed by atoms with Gasteiger partial charge in [0.2, 0.25) is 5.91 Å². The summed E-state index contributed by atoms with van der Waals surface area (Å²) in [4.78, 5) is 45.6. The molecule has 1 unspecified atom stereocenters. The van der Waals surface area contributed by atoms with Crippen molar-refractivity contribution >= 4 is 34.2 Å². The van der Waals surface area contributed by atoms with Crippen LogP contribution in [0.3, 0.4) is 0 Å². The molecule has 9 heteroatoms. The van der Waals surface area contributed by atoms with E-state index in [9.17, 15) is 9.59 Å². The smallest absolute Gasteiger partial charge is 0.272 e. The van der Waals surface area contributed by atoms with Crippen LogP contribution in [0.4, 0.5) is 11.4 Å². The fourth-order valence-electron chi connectivity index (χ4n) is 6.91. The number of likely N-dealkylation sites (tertiary alicyclic amines) is 2. The summed E-state index contributed by atoms with van der Waals surface area (Å²) in [6.45, 7) is 5.53. The first-order valence-electron chi connectivity index (χ1n) is 15.5. The first-order chi connectivity index (χ1) is 20.9. The van der Waals surface area contributed by atoms with Gasteiger partial charge in [-0.05, 0) is 106 Å². The molecule has 3 aliphatic heterocycles. The second-order valence-corrected chi connectivity index (χ2v) is 12.6. The Labute approximate surface area is 252 Å². The number of aromatic nitrogens is 3. The van der Waals surface area contributed by atoms with Gasteiger partial charge in [-0.2, -0.15) is 0 Å². The Kier molecular flexibility index (Phi) is 7.34. The predicted molar refractivity (Wildman–Crippen MR) is 169 cm³/mol. The van der Waals surface area contributed by atoms with Crippen LogP contribution < -0.4 is 10.2 Å². The molecule has 2 aromatic carbocycles. The van der Waals surface area contributed by atoms with Crippen molar-refractivity contribution in [3.63, 3.8) is 0 Å². The number of fused-ring (bicyclic) bond motifs is 1. The number of para-hydroxylation sites is 2. The number of pyridine rings is 1. The van der Waals surface area contributed by atoms with Crippen molar-refractivity contribution in [2.75, 3.05) is 56.5 Å². The molecule has 222 valence electrons. The molecule has 7 rings (SSSR count). The Bertz CT molecular complexity index is 1580. The Morgan fingerprint density at radius 1 is 0.860 bits per heavy atom. The summed E-state index contributed by atoms with van der Waals surface area (Å²) in [5.74, 6) is 0.160. The van der Waals surface area contributed by atoms with E-state index in [1.54, 1.807) is 11.0 Å². The fraction of sp³-hybridized carbons (Fsp3) is 0.412. The Balaban J connectivity index is 0.931. The molecule has 43 heavy (non-hydrogen) atoms. The van der Waals surface area contributed by atoms with Crippen LogP contribution in [0.25, 0.3) is 22.6 Å². The predicted octanol–water partition coefficient (Wildman–Crippen LogP) is 5.04. The lowest BCUT2D eigenvalue weighted by Gasteiger charge is -2.46. The number of carbonyl (C=O) groups excluding carboxylic acids is 2. The second-order valence-electron chi connectivity index (χ2n) is 12.6. The number of benzene rings is 2. The highest BCUT2D eigenvalue weighted by Crippen LogP contribution is 2.42. The third-order valence-corrected chi connectivity index (χ3v) is 9.82. The molecule has 3 saturated heterocycles. The van der Waals surface area contributed by atoms with Crippen molar-refractivity contribution in [2.45, 2.75) is 32.1 Å². The van der Waals surface area contributed by atoms with Gasteiger partial charge < -0.3 is 25.0 Å². The van der Waals surface area contributed by atoms with Gasteiger partial charge in [-0.1, -0.05) is 18.2 Å². The van der Waals surface area contributed by atoms with Crippen molar-refractivity contribution in [2.24, 2.45) is 11.3 Å². The van der Waals surface area contributed by atoms with E-state index in [4.69, 9.17) is 0 Å². The topological polar surface area (TPSA) is 97.5 Å². The first kappa shape index (κ1) is 27.6. The number of piperidine rings is 2. The minimum absolute atomic E-state index is 0.0470. The molecule has 2 N–H and O–H groups in total. The molecular formula is C34H39N7O2. The van der Waals surface area contributed by atoms with Gasteiger partial charge in [0.25, 0.3) is 5.91 Å². The van der Waals surface area contributed by atoms with Gasteiger partial charge in [0, 0.05) is 37.6 Å². The zero-order valence-corrected chi connectivity index (χ0v) is 24.8. The maximum atomic E-state index is 13.3. The molecule has 0 radical (unpaired) electrons. The summed E-state index contributed by atoms with van der Waals surface area (Å²) < 4.78 is 0. The summed E-state index contributed by atoms with van der Waals surface area (Å²) in [5.41, 5.74) is 5.29. The molecule has 4 aromatic rings. The van der Waals surface area contributed by atoms with Crippen molar-refractivity contribution in [1.29, 1.82) is 0 Å². The molecule has 0 bridgehead atoms. The molecule has 9 nitrogen and oxygen atoms in total. The standard InChI is InChI=1S/C34H39N7O2/c1-39-19-14-34(15-20-39)16-21-40(22-17-34)26-11-9-25(10-12-26)35-32(42)24-13-18-41(23-24)33(43)30-8-4-7-29(36-30)31-37-27-5-2-3-6-28(27)38-31/h2-12,24H,13-23H2,1H3,(H,35,42)(H,37,38). The summed E-state index contributed by atoms with van der Waals surface area (Å²) in [6.07, 6.45) is 5.78. The third kappa shape index (κ3) is 5.73. The Morgan fingerprint density at radius 2 is 1.60 bits per heavy atom. The highest BCUT2D eigenvalue weighted by Gasteiger charge is 2.37. The molecule has 5 heterocycles. The molecule has 3 fully saturated rings. The maximum Gasteiger partial charge on any atom is 0.272 e. The number of imidazole rings is 1. The number of amides is 2. The molecular weight excluding hydrogens is 538 g/mol. The van der Waals surface area contributed by atoms with Gasteiger partial charge in [-0.3, -0.25) is 9.59 Å². The second kappa shape index (κ2) is 11.4. The number of anilines is 2. The summed E-state index contributed by atoms with van der Waals surface area (Å²) >= 11 is 0. The van der Waals surface area contributed by atoms with E-state index in [1.165, 1.54) is 44.5 Å². The summed E-state index contributed by atoms with van der Waals surface area (Å²) in [5, 5.41) is 3.08. The zero-order valence-electron chi connectivity index (χ0n) is 24.8. The largest absolute Gasteiger partial charge is 0.371 e. The lowest BCUT2D eigenvalue weighted by molar-refractivity contribution is -0.119. The van der Waals surface area contributed by atoms with E-state index < -0.39 is 0 Å². The third-order valence-electron chi connectivity index (χ3n) is 9.82. The number of hydrogen-bond acceptors (Lipinski definition) is 6. The number of nitrogens with zero attached hydrogens (tertiary/aromatic N) is 5. The van der Waals surface area contributed by atoms with Crippen LogP contribution in [-0.2, 0) is 4.79 Å². The minimum atomic E-state index is -0.255. The zero-order chi connectivity index (χ0) is 29.4. The normalized spacial score (nSPS) is 20.5. The van der Waals surface area contributed by atoms with Gasteiger partial charge in [-0.15, -0.1) is 0 Å². The number of carbonyl (C=O) groups is 2. The van der Waals surface area contributed by atoms with Crippen molar-refractivity contribution in [1.82, 2.24) is 24.8 Å². The van der Waals surface area contributed by atoms with E-state index in [2.05, 4.69) is 49.2 Å². The van der Waals surface area contributed by atoms with E-state index in [-0.39, 0.29) is 17.7 Å². The highest BCUT2D eigenvalue weighted by atomic mass is 16.2. The monoisotopic (exact) mass is 577 g/mol. The molecule has 0 aliphatic carbocycles. The van der Waals surface area contributed by atoms with Gasteiger partial charge in [0.15, 0.2) is 5.82 Å². The molecule has 1 atom stereocenters. The number of nitrogens with one attached hydrogen (secondary N) is 2. The Morgan fingerprint density at radius 3 is 2.37 bits per heavy atom. The molecule has 2 amide bonds. The van der Waals surface area contributed by atoms with Gasteiger partial charge in [0.05, 0.1) is 17.0 Å². The highest BCUT2D eigenvalue weighted by molar-refractivity contribution is 5.96. The average molecular weight is 578 g/mol. The summed E-state index contributed by atoms with van der Waals surface area (Å²) in [7, 11) is 2.23. The minimum Gasteiger partial charge on any atom is -0.371 e. The lowest BCUT2D eigenvalue weighted by Crippen LogP contribution is -2.46. The van der Waals surface area contributed by atoms with Crippen molar-refractivity contribution in [3.05, 3.63) is 72.4 Å². The van der Waals surface area contributed by atoms with Crippen molar-refractivity contribution in [3.8, 4) is 11.5 Å². The van der Waals surface area contributed by atoms with E-state index in [1.807, 2.05) is 48.5 Å². The van der Waals surface area contributed by atoms with Gasteiger partial charge in [0.1, 0.15) is 11.4 Å². The summed E-state index contributed by atoms with van der Waals surface area (Å²) in [6, 6.07) is 21.4. The van der Waals surface area contributed by atoms with E-state index >= 15 is 0 Å². The van der Waals surface area contributed by atoms with E-state index in [0.29, 0.717) is 42.1 Å². The number of H-pyrrole nitrogens is 1. The van der Waals surface area contributed by atoms with Gasteiger partial charge >= 0.3 is 0 Å². The molecule has 2 aromatic heterocycles.